The van der Waals surface area contributed by atoms with Gasteiger partial charge in [-0.2, -0.15) is 11.8 Å². The van der Waals surface area contributed by atoms with Crippen LogP contribution in [0.15, 0.2) is 0 Å². The maximum atomic E-state index is 12.5. The highest BCUT2D eigenvalue weighted by Gasteiger charge is 2.27. The summed E-state index contributed by atoms with van der Waals surface area (Å²) in [6, 6.07) is -3.12. The minimum atomic E-state index is -1.23. The maximum Gasteiger partial charge on any atom is 0.322 e. The molecular formula is C15H26N4O7S. The van der Waals surface area contributed by atoms with Crippen LogP contribution in [-0.4, -0.2) is 76.6 Å². The number of carboxylic acids is 2. The summed E-state index contributed by atoms with van der Waals surface area (Å²) in [5.74, 6) is -3.95. The Balaban J connectivity index is 5.12. The predicted molar refractivity (Wildman–Crippen MR) is 98.0 cm³/mol. The van der Waals surface area contributed by atoms with Crippen molar-refractivity contribution in [3.05, 3.63) is 0 Å². The van der Waals surface area contributed by atoms with Gasteiger partial charge >= 0.3 is 11.9 Å². The number of nitrogens with two attached hydrogens (primary N) is 1. The molecule has 0 aliphatic heterocycles. The number of rotatable bonds is 13. The van der Waals surface area contributed by atoms with Crippen molar-refractivity contribution in [2.45, 2.75) is 44.3 Å². The van der Waals surface area contributed by atoms with Crippen LogP contribution in [0.1, 0.15) is 26.2 Å². The predicted octanol–water partition coefficient (Wildman–Crippen LogP) is -1.88. The standard InChI is InChI=1S/C15H26N4O7S/c1-8(16)13(24)18-9(3-4-11(20)21)15(26)19-10(5-6-27-2)14(25)17-7-12(22)23/h8-10H,3-7,16H2,1-2H3,(H,17,25)(H,18,24)(H,19,26)(H,20,21)(H,22,23). The van der Waals surface area contributed by atoms with E-state index < -0.39 is 54.3 Å². The van der Waals surface area contributed by atoms with Crippen LogP contribution in [-0.2, 0) is 24.0 Å². The molecule has 11 nitrogen and oxygen atoms in total. The van der Waals surface area contributed by atoms with Crippen LogP contribution in [0.4, 0.5) is 0 Å². The zero-order valence-corrected chi connectivity index (χ0v) is 16.0. The molecule has 0 rings (SSSR count). The van der Waals surface area contributed by atoms with Gasteiger partial charge in [0, 0.05) is 6.42 Å². The van der Waals surface area contributed by atoms with Crippen molar-refractivity contribution < 1.29 is 34.2 Å². The number of carbonyl (C=O) groups excluding carboxylic acids is 3. The number of carboxylic acid groups (broad SMARTS) is 2. The molecule has 3 unspecified atom stereocenters. The lowest BCUT2D eigenvalue weighted by Crippen LogP contribution is -2.55. The van der Waals surface area contributed by atoms with Crippen LogP contribution in [0.5, 0.6) is 0 Å². The van der Waals surface area contributed by atoms with Gasteiger partial charge in [-0.1, -0.05) is 0 Å². The van der Waals surface area contributed by atoms with Crippen molar-refractivity contribution in [1.29, 1.82) is 0 Å². The topological polar surface area (TPSA) is 188 Å². The first-order valence-corrected chi connectivity index (χ1v) is 9.54. The van der Waals surface area contributed by atoms with E-state index in [9.17, 15) is 24.0 Å². The third kappa shape index (κ3) is 11.1. The van der Waals surface area contributed by atoms with Crippen LogP contribution in [0, 0.1) is 0 Å². The Bertz CT molecular complexity index is 556. The normalized spacial score (nSPS) is 13.7. The first kappa shape index (κ1) is 24.7. The summed E-state index contributed by atoms with van der Waals surface area (Å²) in [5, 5.41) is 24.4. The van der Waals surface area contributed by atoms with Gasteiger partial charge in [0.05, 0.1) is 6.04 Å². The van der Waals surface area contributed by atoms with E-state index in [1.807, 2.05) is 0 Å². The van der Waals surface area contributed by atoms with E-state index in [0.29, 0.717) is 5.75 Å². The molecule has 12 heteroatoms. The lowest BCUT2D eigenvalue weighted by molar-refractivity contribution is -0.138. The Morgan fingerprint density at radius 3 is 1.96 bits per heavy atom. The van der Waals surface area contributed by atoms with E-state index in [1.165, 1.54) is 18.7 Å². The summed E-state index contributed by atoms with van der Waals surface area (Å²) in [4.78, 5) is 57.7. The Morgan fingerprint density at radius 1 is 0.926 bits per heavy atom. The molecule has 154 valence electrons. The molecule has 0 aliphatic carbocycles. The third-order valence-corrected chi connectivity index (χ3v) is 3.99. The Labute approximate surface area is 160 Å². The highest BCUT2D eigenvalue weighted by molar-refractivity contribution is 7.98. The summed E-state index contributed by atoms with van der Waals surface area (Å²) in [6.07, 6.45) is 1.46. The van der Waals surface area contributed by atoms with Crippen molar-refractivity contribution in [3.63, 3.8) is 0 Å². The van der Waals surface area contributed by atoms with Gasteiger partial charge in [0.15, 0.2) is 0 Å². The first-order chi connectivity index (χ1) is 12.6. The van der Waals surface area contributed by atoms with E-state index in [1.54, 1.807) is 6.26 Å². The smallest absolute Gasteiger partial charge is 0.322 e. The average Bonchev–Trinajstić information content (AvgIpc) is 2.59. The summed E-state index contributed by atoms with van der Waals surface area (Å²) < 4.78 is 0. The quantitative estimate of drug-likeness (QED) is 0.203. The molecule has 0 aromatic heterocycles. The van der Waals surface area contributed by atoms with Crippen LogP contribution >= 0.6 is 11.8 Å². The van der Waals surface area contributed by atoms with E-state index in [4.69, 9.17) is 15.9 Å². The van der Waals surface area contributed by atoms with Gasteiger partial charge in [-0.15, -0.1) is 0 Å². The number of hydrogen-bond acceptors (Lipinski definition) is 7. The van der Waals surface area contributed by atoms with Gasteiger partial charge < -0.3 is 31.9 Å². The molecule has 0 aliphatic rings. The Hall–Kier alpha value is -2.34. The van der Waals surface area contributed by atoms with Gasteiger partial charge in [-0.3, -0.25) is 24.0 Å². The number of aliphatic carboxylic acids is 2. The van der Waals surface area contributed by atoms with E-state index in [-0.39, 0.29) is 19.3 Å². The van der Waals surface area contributed by atoms with Crippen LogP contribution in [0.2, 0.25) is 0 Å². The van der Waals surface area contributed by atoms with Gasteiger partial charge in [-0.25, -0.2) is 0 Å². The lowest BCUT2D eigenvalue weighted by atomic mass is 10.1. The molecule has 0 fully saturated rings. The summed E-state index contributed by atoms with van der Waals surface area (Å²) >= 11 is 1.42. The van der Waals surface area contributed by atoms with E-state index >= 15 is 0 Å². The minimum absolute atomic E-state index is 0.189. The van der Waals surface area contributed by atoms with Crippen LogP contribution in [0.25, 0.3) is 0 Å². The highest BCUT2D eigenvalue weighted by atomic mass is 32.2. The van der Waals surface area contributed by atoms with E-state index in [2.05, 4.69) is 16.0 Å². The first-order valence-electron chi connectivity index (χ1n) is 8.15. The van der Waals surface area contributed by atoms with Gasteiger partial charge in [0.1, 0.15) is 18.6 Å². The Kier molecular flexibility index (Phi) is 11.8. The largest absolute Gasteiger partial charge is 0.481 e. The highest BCUT2D eigenvalue weighted by Crippen LogP contribution is 2.04. The SMILES string of the molecule is CSCCC(NC(=O)C(CCC(=O)O)NC(=O)C(C)N)C(=O)NCC(=O)O. The molecule has 0 saturated heterocycles. The lowest BCUT2D eigenvalue weighted by Gasteiger charge is -2.23. The molecule has 3 amide bonds. The zero-order valence-electron chi connectivity index (χ0n) is 15.2. The second kappa shape index (κ2) is 12.9. The fourth-order valence-electron chi connectivity index (χ4n) is 1.90. The van der Waals surface area contributed by atoms with Gasteiger partial charge in [-0.05, 0) is 31.8 Å². The molecule has 0 heterocycles. The van der Waals surface area contributed by atoms with Gasteiger partial charge in [0.2, 0.25) is 17.7 Å². The second-order valence-electron chi connectivity index (χ2n) is 5.74. The van der Waals surface area contributed by atoms with E-state index in [0.717, 1.165) is 0 Å². The molecule has 3 atom stereocenters. The number of carbonyl (C=O) groups is 5. The molecule has 0 aromatic rings. The summed E-state index contributed by atoms with van der Waals surface area (Å²) in [5.41, 5.74) is 5.44. The molecular weight excluding hydrogens is 380 g/mol. The molecule has 0 radical (unpaired) electrons. The molecule has 7 N–H and O–H groups in total. The molecule has 0 bridgehead atoms. The van der Waals surface area contributed by atoms with Gasteiger partial charge in [0.25, 0.3) is 0 Å². The summed E-state index contributed by atoms with van der Waals surface area (Å²) in [7, 11) is 0. The van der Waals surface area contributed by atoms with Crippen LogP contribution < -0.4 is 21.7 Å². The monoisotopic (exact) mass is 406 g/mol. The van der Waals surface area contributed by atoms with Crippen molar-refractivity contribution in [2.75, 3.05) is 18.6 Å². The fourth-order valence-corrected chi connectivity index (χ4v) is 2.37. The fraction of sp³-hybridized carbons (Fsp3) is 0.667. The number of nitrogens with one attached hydrogen (secondary N) is 3. The van der Waals surface area contributed by atoms with Crippen molar-refractivity contribution >= 4 is 41.4 Å². The molecule has 0 spiro atoms. The maximum absolute atomic E-state index is 12.5. The number of amides is 3. The number of thioether (sulfide) groups is 1. The van der Waals surface area contributed by atoms with Crippen LogP contribution in [0.3, 0.4) is 0 Å². The molecule has 0 aromatic carbocycles. The van der Waals surface area contributed by atoms with Crippen molar-refractivity contribution in [3.8, 4) is 0 Å². The third-order valence-electron chi connectivity index (χ3n) is 3.35. The average molecular weight is 406 g/mol. The minimum Gasteiger partial charge on any atom is -0.481 e. The van der Waals surface area contributed by atoms with Crippen molar-refractivity contribution in [1.82, 2.24) is 16.0 Å². The van der Waals surface area contributed by atoms with Crippen molar-refractivity contribution in [2.24, 2.45) is 5.73 Å². The zero-order chi connectivity index (χ0) is 21.0. The Morgan fingerprint density at radius 2 is 1.48 bits per heavy atom. The number of hydrogen-bond donors (Lipinski definition) is 6. The second-order valence-corrected chi connectivity index (χ2v) is 6.72. The molecule has 27 heavy (non-hydrogen) atoms. The molecule has 0 saturated carbocycles. The summed E-state index contributed by atoms with van der Waals surface area (Å²) in [6.45, 7) is 0.802.